The van der Waals surface area contributed by atoms with E-state index in [9.17, 15) is 4.79 Å². The summed E-state index contributed by atoms with van der Waals surface area (Å²) >= 11 is 5.78. The number of halogens is 1. The molecular formula is C4H7IOS. The highest BCUT2D eigenvalue weighted by molar-refractivity contribution is 14.1. The lowest BCUT2D eigenvalue weighted by atomic mass is 10.4. The van der Waals surface area contributed by atoms with Crippen LogP contribution in [0, 0.1) is 0 Å². The van der Waals surface area contributed by atoms with Crippen molar-refractivity contribution >= 4 is 40.3 Å². The van der Waals surface area contributed by atoms with Gasteiger partial charge in [0, 0.05) is 10.3 Å². The standard InChI is InChI=1S/C4H7IOS/c1-3(5)2-4(6)7/h3H,2H2,1H3,(H,6,7). The van der Waals surface area contributed by atoms with Crippen LogP contribution in [0.2, 0.25) is 0 Å². The van der Waals surface area contributed by atoms with Crippen molar-refractivity contribution in [1.82, 2.24) is 0 Å². The summed E-state index contributed by atoms with van der Waals surface area (Å²) < 4.78 is 0.419. The topological polar surface area (TPSA) is 17.1 Å². The summed E-state index contributed by atoms with van der Waals surface area (Å²) in [6.45, 7) is 1.98. The smallest absolute Gasteiger partial charge is 0.186 e. The molecule has 0 saturated heterocycles. The monoisotopic (exact) mass is 230 g/mol. The Kier molecular flexibility index (Phi) is 4.11. The Bertz CT molecular complexity index is 72.1. The molecule has 0 saturated carbocycles. The summed E-state index contributed by atoms with van der Waals surface area (Å²) in [7, 11) is 0. The second-order valence-electron chi connectivity index (χ2n) is 1.38. The van der Waals surface area contributed by atoms with E-state index in [2.05, 4.69) is 35.2 Å². The molecule has 0 fully saturated rings. The average molecular weight is 230 g/mol. The molecule has 0 aromatic rings. The van der Waals surface area contributed by atoms with E-state index in [0.29, 0.717) is 10.3 Å². The number of carbonyl (C=O) groups is 1. The fourth-order valence-electron chi connectivity index (χ4n) is 0.241. The maximum atomic E-state index is 10.1. The van der Waals surface area contributed by atoms with Gasteiger partial charge in [-0.2, -0.15) is 0 Å². The van der Waals surface area contributed by atoms with E-state index in [1.54, 1.807) is 0 Å². The van der Waals surface area contributed by atoms with Crippen molar-refractivity contribution in [2.45, 2.75) is 17.3 Å². The van der Waals surface area contributed by atoms with Crippen LogP contribution in [0.3, 0.4) is 0 Å². The summed E-state index contributed by atoms with van der Waals surface area (Å²) in [5.41, 5.74) is 0. The molecule has 3 heteroatoms. The summed E-state index contributed by atoms with van der Waals surface area (Å²) in [5.74, 6) is 0. The van der Waals surface area contributed by atoms with Crippen LogP contribution in [0.5, 0.6) is 0 Å². The van der Waals surface area contributed by atoms with Crippen LogP contribution in [-0.2, 0) is 4.79 Å². The van der Waals surface area contributed by atoms with Crippen LogP contribution in [0.25, 0.3) is 0 Å². The molecule has 0 aliphatic rings. The van der Waals surface area contributed by atoms with Gasteiger partial charge in [0.05, 0.1) is 0 Å². The minimum Gasteiger partial charge on any atom is -0.287 e. The lowest BCUT2D eigenvalue weighted by molar-refractivity contribution is -0.110. The Labute approximate surface area is 62.4 Å². The Morgan fingerprint density at radius 3 is 2.43 bits per heavy atom. The van der Waals surface area contributed by atoms with Crippen LogP contribution in [0.1, 0.15) is 13.3 Å². The summed E-state index contributed by atoms with van der Waals surface area (Å²) in [5, 5.41) is -0.0260. The molecule has 1 atom stereocenters. The second-order valence-corrected chi connectivity index (χ2v) is 4.00. The van der Waals surface area contributed by atoms with Crippen molar-refractivity contribution < 1.29 is 4.79 Å². The van der Waals surface area contributed by atoms with Crippen molar-refractivity contribution in [2.75, 3.05) is 0 Å². The maximum Gasteiger partial charge on any atom is 0.186 e. The second kappa shape index (κ2) is 3.72. The fourth-order valence-corrected chi connectivity index (χ4v) is 1.26. The van der Waals surface area contributed by atoms with Crippen molar-refractivity contribution in [2.24, 2.45) is 0 Å². The average Bonchev–Trinajstić information content (AvgIpc) is 1.27. The Morgan fingerprint density at radius 2 is 2.43 bits per heavy atom. The Balaban J connectivity index is 3.13. The zero-order valence-corrected chi connectivity index (χ0v) is 7.07. The maximum absolute atomic E-state index is 10.1. The van der Waals surface area contributed by atoms with E-state index in [0.717, 1.165) is 0 Å². The summed E-state index contributed by atoms with van der Waals surface area (Å²) in [6, 6.07) is 0. The van der Waals surface area contributed by atoms with Gasteiger partial charge in [-0.25, -0.2) is 0 Å². The third-order valence-electron chi connectivity index (χ3n) is 0.456. The minimum atomic E-state index is -0.0260. The first-order valence-electron chi connectivity index (χ1n) is 1.99. The molecule has 1 unspecified atom stereocenters. The highest BCUT2D eigenvalue weighted by Gasteiger charge is 1.98. The largest absolute Gasteiger partial charge is 0.287 e. The molecule has 0 amide bonds. The van der Waals surface area contributed by atoms with Gasteiger partial charge in [0.25, 0.3) is 0 Å². The quantitative estimate of drug-likeness (QED) is 0.433. The number of carbonyl (C=O) groups excluding carboxylic acids is 1. The van der Waals surface area contributed by atoms with Crippen molar-refractivity contribution in [3.63, 3.8) is 0 Å². The van der Waals surface area contributed by atoms with E-state index in [-0.39, 0.29) is 5.12 Å². The van der Waals surface area contributed by atoms with Gasteiger partial charge in [-0.1, -0.05) is 29.5 Å². The molecular weight excluding hydrogens is 223 g/mol. The van der Waals surface area contributed by atoms with Crippen molar-refractivity contribution in [3.8, 4) is 0 Å². The first kappa shape index (κ1) is 7.75. The highest BCUT2D eigenvalue weighted by atomic mass is 127. The Hall–Kier alpha value is 0.750. The zero-order chi connectivity index (χ0) is 5.86. The third-order valence-corrected chi connectivity index (χ3v) is 1.08. The lowest BCUT2D eigenvalue weighted by Crippen LogP contribution is -1.95. The van der Waals surface area contributed by atoms with Crippen LogP contribution in [0.15, 0.2) is 0 Å². The molecule has 7 heavy (non-hydrogen) atoms. The summed E-state index contributed by atoms with van der Waals surface area (Å²) in [6.07, 6.45) is 0.573. The van der Waals surface area contributed by atoms with Gasteiger partial charge in [0.15, 0.2) is 5.12 Å². The first-order chi connectivity index (χ1) is 3.13. The molecule has 0 radical (unpaired) electrons. The molecule has 0 bridgehead atoms. The Morgan fingerprint density at radius 1 is 2.00 bits per heavy atom. The van der Waals surface area contributed by atoms with Gasteiger partial charge in [-0.05, 0) is 0 Å². The number of rotatable bonds is 2. The van der Waals surface area contributed by atoms with E-state index in [1.165, 1.54) is 0 Å². The van der Waals surface area contributed by atoms with Crippen molar-refractivity contribution in [3.05, 3.63) is 0 Å². The highest BCUT2D eigenvalue weighted by Crippen LogP contribution is 2.04. The number of hydrogen-bond donors (Lipinski definition) is 1. The van der Waals surface area contributed by atoms with Crippen LogP contribution in [0.4, 0.5) is 0 Å². The minimum absolute atomic E-state index is 0.0260. The number of hydrogen-bond acceptors (Lipinski definition) is 1. The molecule has 0 spiro atoms. The van der Waals surface area contributed by atoms with E-state index >= 15 is 0 Å². The molecule has 0 aromatic heterocycles. The van der Waals surface area contributed by atoms with Crippen molar-refractivity contribution in [1.29, 1.82) is 0 Å². The zero-order valence-electron chi connectivity index (χ0n) is 4.02. The molecule has 42 valence electrons. The molecule has 1 nitrogen and oxygen atoms in total. The van der Waals surface area contributed by atoms with E-state index < -0.39 is 0 Å². The van der Waals surface area contributed by atoms with Crippen LogP contribution >= 0.6 is 35.2 Å². The summed E-state index contributed by atoms with van der Waals surface area (Å²) in [4.78, 5) is 10.1. The predicted octanol–water partition coefficient (Wildman–Crippen LogP) is 1.66. The third kappa shape index (κ3) is 6.75. The SMILES string of the molecule is CC(I)CC(=O)S. The van der Waals surface area contributed by atoms with Gasteiger partial charge >= 0.3 is 0 Å². The first-order valence-corrected chi connectivity index (χ1v) is 3.68. The predicted molar refractivity (Wildman–Crippen MR) is 42.1 cm³/mol. The fraction of sp³-hybridized carbons (Fsp3) is 0.750. The van der Waals surface area contributed by atoms with Crippen LogP contribution < -0.4 is 0 Å². The molecule has 0 aromatic carbocycles. The number of alkyl halides is 1. The molecule has 0 N–H and O–H groups in total. The van der Waals surface area contributed by atoms with E-state index in [1.807, 2.05) is 6.92 Å². The van der Waals surface area contributed by atoms with Crippen LogP contribution in [-0.4, -0.2) is 9.04 Å². The normalized spacial score (nSPS) is 13.6. The molecule has 0 rings (SSSR count). The molecule has 0 aliphatic heterocycles. The van der Waals surface area contributed by atoms with Gasteiger partial charge in [0.2, 0.25) is 0 Å². The van der Waals surface area contributed by atoms with Gasteiger partial charge in [-0.15, -0.1) is 12.6 Å². The van der Waals surface area contributed by atoms with E-state index in [4.69, 9.17) is 0 Å². The molecule has 0 aliphatic carbocycles. The number of thiol groups is 1. The lowest BCUT2D eigenvalue weighted by Gasteiger charge is -1.92. The van der Waals surface area contributed by atoms with Gasteiger partial charge < -0.3 is 0 Å². The van der Waals surface area contributed by atoms with Gasteiger partial charge in [0.1, 0.15) is 0 Å². The van der Waals surface area contributed by atoms with Gasteiger partial charge in [-0.3, -0.25) is 4.79 Å². The molecule has 0 heterocycles.